The zero-order valence-electron chi connectivity index (χ0n) is 10.7. The van der Waals surface area contributed by atoms with Gasteiger partial charge >= 0.3 is 0 Å². The summed E-state index contributed by atoms with van der Waals surface area (Å²) >= 11 is 7.11. The zero-order valence-corrected chi connectivity index (χ0v) is 12.3. The van der Waals surface area contributed by atoms with Gasteiger partial charge in [-0.3, -0.25) is 9.48 Å². The van der Waals surface area contributed by atoms with E-state index in [-0.39, 0.29) is 11.9 Å². The Hall–Kier alpha value is -1.40. The predicted octanol–water partition coefficient (Wildman–Crippen LogP) is 2.45. The van der Waals surface area contributed by atoms with E-state index in [0.717, 1.165) is 0 Å². The number of halogens is 1. The lowest BCUT2D eigenvalue weighted by Crippen LogP contribution is -2.41. The third kappa shape index (κ3) is 3.78. The molecular formula is C12H15ClN4OS. The maximum Gasteiger partial charge on any atom is 0.261 e. The monoisotopic (exact) mass is 298 g/mol. The van der Waals surface area contributed by atoms with E-state index in [1.54, 1.807) is 29.2 Å². The molecule has 1 unspecified atom stereocenters. The van der Waals surface area contributed by atoms with E-state index in [1.165, 1.54) is 11.3 Å². The Bertz CT molecular complexity index is 538. The molecule has 19 heavy (non-hydrogen) atoms. The molecule has 0 saturated carbocycles. The number of nitrogens with one attached hydrogen (secondary N) is 1. The molecule has 2 aromatic rings. The van der Waals surface area contributed by atoms with Crippen LogP contribution >= 0.6 is 22.9 Å². The Labute approximate surface area is 120 Å². The topological polar surface area (TPSA) is 59.8 Å². The molecule has 1 N–H and O–H groups in total. The van der Waals surface area contributed by atoms with Gasteiger partial charge in [-0.25, -0.2) is 0 Å². The van der Waals surface area contributed by atoms with Crippen LogP contribution in [0, 0.1) is 5.92 Å². The van der Waals surface area contributed by atoms with E-state index in [1.807, 2.05) is 0 Å². The maximum absolute atomic E-state index is 12.1. The van der Waals surface area contributed by atoms with Crippen molar-refractivity contribution in [3.05, 3.63) is 33.7 Å². The standard InChI is InChI=1S/C12H15ClN4OS/c1-8(2)9(7-17-6-5-14-16-17)15-12(18)10-3-4-11(13)19-10/h3-6,8-9H,7H2,1-2H3,(H,15,18). The van der Waals surface area contributed by atoms with Gasteiger partial charge in [0.05, 0.1) is 28.0 Å². The molecule has 0 radical (unpaired) electrons. The summed E-state index contributed by atoms with van der Waals surface area (Å²) in [6.07, 6.45) is 3.40. The van der Waals surface area contributed by atoms with E-state index < -0.39 is 0 Å². The Balaban J connectivity index is 2.02. The van der Waals surface area contributed by atoms with E-state index in [2.05, 4.69) is 29.5 Å². The van der Waals surface area contributed by atoms with Crippen molar-refractivity contribution in [2.24, 2.45) is 5.92 Å². The number of carbonyl (C=O) groups is 1. The van der Waals surface area contributed by atoms with Crippen LogP contribution in [0.25, 0.3) is 0 Å². The van der Waals surface area contributed by atoms with Gasteiger partial charge in [0.1, 0.15) is 0 Å². The maximum atomic E-state index is 12.1. The van der Waals surface area contributed by atoms with Crippen molar-refractivity contribution >= 4 is 28.8 Å². The minimum Gasteiger partial charge on any atom is -0.346 e. The summed E-state index contributed by atoms with van der Waals surface area (Å²) in [5.74, 6) is 0.194. The first-order valence-electron chi connectivity index (χ1n) is 5.96. The second-order valence-electron chi connectivity index (χ2n) is 4.55. The van der Waals surface area contributed by atoms with Crippen molar-refractivity contribution in [3.8, 4) is 0 Å². The molecule has 0 aromatic carbocycles. The lowest BCUT2D eigenvalue weighted by atomic mass is 10.0. The molecule has 102 valence electrons. The average Bonchev–Trinajstić information content (AvgIpc) is 2.99. The van der Waals surface area contributed by atoms with Gasteiger partial charge in [0.2, 0.25) is 0 Å². The first-order chi connectivity index (χ1) is 9.06. The first kappa shape index (κ1) is 14.0. The average molecular weight is 299 g/mol. The largest absolute Gasteiger partial charge is 0.346 e. The second-order valence-corrected chi connectivity index (χ2v) is 6.27. The summed E-state index contributed by atoms with van der Waals surface area (Å²) in [5, 5.41) is 10.7. The summed E-state index contributed by atoms with van der Waals surface area (Å²) in [7, 11) is 0. The molecule has 1 atom stereocenters. The number of thiophene rings is 1. The Kier molecular flexibility index (Phi) is 4.55. The number of rotatable bonds is 5. The highest BCUT2D eigenvalue weighted by Gasteiger charge is 2.19. The van der Waals surface area contributed by atoms with Gasteiger partial charge in [0.25, 0.3) is 5.91 Å². The molecular weight excluding hydrogens is 284 g/mol. The molecule has 0 aliphatic rings. The van der Waals surface area contributed by atoms with Crippen molar-refractivity contribution in [1.82, 2.24) is 20.3 Å². The summed E-state index contributed by atoms with van der Waals surface area (Å²) in [4.78, 5) is 12.7. The molecule has 0 bridgehead atoms. The van der Waals surface area contributed by atoms with Gasteiger partial charge < -0.3 is 5.32 Å². The molecule has 0 saturated heterocycles. The quantitative estimate of drug-likeness (QED) is 0.922. The van der Waals surface area contributed by atoms with E-state index in [4.69, 9.17) is 11.6 Å². The van der Waals surface area contributed by atoms with E-state index in [0.29, 0.717) is 21.7 Å². The smallest absolute Gasteiger partial charge is 0.261 e. The number of hydrogen-bond acceptors (Lipinski definition) is 4. The van der Waals surface area contributed by atoms with Crippen LogP contribution in [0.2, 0.25) is 4.34 Å². The zero-order chi connectivity index (χ0) is 13.8. The Morgan fingerprint density at radius 3 is 2.84 bits per heavy atom. The van der Waals surface area contributed by atoms with Crippen molar-refractivity contribution < 1.29 is 4.79 Å². The highest BCUT2D eigenvalue weighted by Crippen LogP contribution is 2.21. The number of carbonyl (C=O) groups excluding carboxylic acids is 1. The highest BCUT2D eigenvalue weighted by atomic mass is 35.5. The Morgan fingerprint density at radius 1 is 1.53 bits per heavy atom. The second kappa shape index (κ2) is 6.16. The predicted molar refractivity (Wildman–Crippen MR) is 75.4 cm³/mol. The normalized spacial score (nSPS) is 12.6. The van der Waals surface area contributed by atoms with Gasteiger partial charge in [-0.2, -0.15) is 0 Å². The molecule has 0 spiro atoms. The van der Waals surface area contributed by atoms with Crippen LogP contribution in [-0.2, 0) is 6.54 Å². The summed E-state index contributed by atoms with van der Waals surface area (Å²) < 4.78 is 2.33. The molecule has 5 nitrogen and oxygen atoms in total. The van der Waals surface area contributed by atoms with Crippen molar-refractivity contribution in [2.75, 3.05) is 0 Å². The molecule has 7 heteroatoms. The Morgan fingerprint density at radius 2 is 2.32 bits per heavy atom. The molecule has 2 heterocycles. The number of nitrogens with zero attached hydrogens (tertiary/aromatic N) is 3. The molecule has 2 rings (SSSR count). The SMILES string of the molecule is CC(C)C(Cn1ccnn1)NC(=O)c1ccc(Cl)s1. The number of amides is 1. The van der Waals surface area contributed by atoms with Gasteiger partial charge in [-0.15, -0.1) is 16.4 Å². The lowest BCUT2D eigenvalue weighted by Gasteiger charge is -2.21. The summed E-state index contributed by atoms with van der Waals surface area (Å²) in [5.41, 5.74) is 0. The summed E-state index contributed by atoms with van der Waals surface area (Å²) in [6, 6.07) is 3.45. The minimum atomic E-state index is -0.101. The molecule has 0 aliphatic carbocycles. The number of aromatic nitrogens is 3. The van der Waals surface area contributed by atoms with Crippen LogP contribution < -0.4 is 5.32 Å². The first-order valence-corrected chi connectivity index (χ1v) is 7.16. The molecule has 0 fully saturated rings. The van der Waals surface area contributed by atoms with Crippen LogP contribution in [0.1, 0.15) is 23.5 Å². The van der Waals surface area contributed by atoms with Crippen LogP contribution in [-0.4, -0.2) is 26.9 Å². The van der Waals surface area contributed by atoms with Crippen molar-refractivity contribution in [1.29, 1.82) is 0 Å². The van der Waals surface area contributed by atoms with Crippen LogP contribution in [0.5, 0.6) is 0 Å². The molecule has 1 amide bonds. The summed E-state index contributed by atoms with van der Waals surface area (Å²) in [6.45, 7) is 4.72. The molecule has 2 aromatic heterocycles. The van der Waals surface area contributed by atoms with Gasteiger partial charge in [-0.05, 0) is 18.1 Å². The van der Waals surface area contributed by atoms with Crippen molar-refractivity contribution in [3.63, 3.8) is 0 Å². The van der Waals surface area contributed by atoms with Crippen LogP contribution in [0.4, 0.5) is 0 Å². The van der Waals surface area contributed by atoms with Gasteiger partial charge in [0.15, 0.2) is 0 Å². The fraction of sp³-hybridized carbons (Fsp3) is 0.417. The van der Waals surface area contributed by atoms with Crippen LogP contribution in [0.3, 0.4) is 0 Å². The van der Waals surface area contributed by atoms with Crippen LogP contribution in [0.15, 0.2) is 24.5 Å². The van der Waals surface area contributed by atoms with E-state index in [9.17, 15) is 4.79 Å². The van der Waals surface area contributed by atoms with Gasteiger partial charge in [-0.1, -0.05) is 30.7 Å². The fourth-order valence-electron chi connectivity index (χ4n) is 1.63. The minimum absolute atomic E-state index is 0.00456. The molecule has 0 aliphatic heterocycles. The lowest BCUT2D eigenvalue weighted by molar-refractivity contribution is 0.0923. The van der Waals surface area contributed by atoms with E-state index >= 15 is 0 Å². The third-order valence-electron chi connectivity index (χ3n) is 2.77. The number of hydrogen-bond donors (Lipinski definition) is 1. The van der Waals surface area contributed by atoms with Crippen molar-refractivity contribution in [2.45, 2.75) is 26.4 Å². The highest BCUT2D eigenvalue weighted by molar-refractivity contribution is 7.17. The third-order valence-corrected chi connectivity index (χ3v) is 4.00. The fourth-order valence-corrected chi connectivity index (χ4v) is 2.58. The van der Waals surface area contributed by atoms with Gasteiger partial charge in [0, 0.05) is 6.20 Å².